The first kappa shape index (κ1) is 32.5. The van der Waals surface area contributed by atoms with Crippen LogP contribution < -0.4 is 9.80 Å². The first-order valence-corrected chi connectivity index (χ1v) is 18.7. The Labute approximate surface area is 313 Å². The molecule has 2 aliphatic carbocycles. The van der Waals surface area contributed by atoms with Gasteiger partial charge in [-0.05, 0) is 127 Å². The summed E-state index contributed by atoms with van der Waals surface area (Å²) in [4.78, 5) is 4.75. The van der Waals surface area contributed by atoms with Crippen molar-refractivity contribution in [3.8, 4) is 11.1 Å². The van der Waals surface area contributed by atoms with E-state index in [4.69, 9.17) is 0 Å². The van der Waals surface area contributed by atoms with Crippen LogP contribution in [0.1, 0.15) is 46.2 Å². The quantitative estimate of drug-likeness (QED) is 0.157. The minimum Gasteiger partial charge on any atom is -0.314 e. The van der Waals surface area contributed by atoms with Gasteiger partial charge in [0.05, 0.1) is 5.41 Å². The summed E-state index contributed by atoms with van der Waals surface area (Å²) in [5.41, 5.74) is 16.8. The van der Waals surface area contributed by atoms with Gasteiger partial charge in [0, 0.05) is 34.1 Å². The van der Waals surface area contributed by atoms with Crippen LogP contribution in [0.25, 0.3) is 11.1 Å². The molecule has 0 aromatic heterocycles. The molecular formula is C51H42N2. The van der Waals surface area contributed by atoms with Crippen molar-refractivity contribution in [2.45, 2.75) is 32.1 Å². The molecule has 0 spiro atoms. The molecule has 2 aliphatic rings. The highest BCUT2D eigenvalue weighted by Gasteiger charge is 2.46. The van der Waals surface area contributed by atoms with E-state index >= 15 is 0 Å². The lowest BCUT2D eigenvalue weighted by atomic mass is 9.67. The van der Waals surface area contributed by atoms with Gasteiger partial charge in [0.2, 0.25) is 0 Å². The van der Waals surface area contributed by atoms with Crippen molar-refractivity contribution < 1.29 is 0 Å². The van der Waals surface area contributed by atoms with Gasteiger partial charge in [-0.3, -0.25) is 0 Å². The van der Waals surface area contributed by atoms with E-state index in [-0.39, 0.29) is 0 Å². The van der Waals surface area contributed by atoms with E-state index in [1.54, 1.807) is 0 Å². The fourth-order valence-electron chi connectivity index (χ4n) is 8.50. The molecule has 0 amide bonds. The molecule has 0 bridgehead atoms. The Balaban J connectivity index is 1.24. The summed E-state index contributed by atoms with van der Waals surface area (Å²) in [6.07, 6.45) is 8.76. The van der Waals surface area contributed by atoms with Gasteiger partial charge in [0.1, 0.15) is 0 Å². The lowest BCUT2D eigenvalue weighted by Gasteiger charge is -2.35. The van der Waals surface area contributed by atoms with E-state index in [0.717, 1.165) is 29.9 Å². The van der Waals surface area contributed by atoms with E-state index < -0.39 is 5.41 Å². The number of rotatable bonds is 8. The molecule has 7 aromatic carbocycles. The van der Waals surface area contributed by atoms with Crippen molar-refractivity contribution in [2.24, 2.45) is 0 Å². The van der Waals surface area contributed by atoms with Crippen LogP contribution in [-0.4, -0.2) is 0 Å². The summed E-state index contributed by atoms with van der Waals surface area (Å²) in [5.74, 6) is 0. The van der Waals surface area contributed by atoms with Crippen molar-refractivity contribution in [3.63, 3.8) is 0 Å². The maximum absolute atomic E-state index is 2.42. The van der Waals surface area contributed by atoms with Crippen molar-refractivity contribution >= 4 is 28.4 Å². The van der Waals surface area contributed by atoms with Crippen LogP contribution >= 0.6 is 0 Å². The molecule has 256 valence electrons. The monoisotopic (exact) mass is 682 g/mol. The number of allylic oxidation sites excluding steroid dienone is 4. The summed E-state index contributed by atoms with van der Waals surface area (Å²) >= 11 is 0. The zero-order valence-corrected chi connectivity index (χ0v) is 30.3. The minimum absolute atomic E-state index is 0.505. The fraction of sp³-hybridized carbons (Fsp3) is 0.0980. The summed E-state index contributed by atoms with van der Waals surface area (Å²) in [6.45, 7) is 4.43. The van der Waals surface area contributed by atoms with Gasteiger partial charge in [0.25, 0.3) is 0 Å². The third-order valence-electron chi connectivity index (χ3n) is 10.9. The average molecular weight is 683 g/mol. The van der Waals surface area contributed by atoms with Gasteiger partial charge in [0.15, 0.2) is 0 Å². The molecule has 53 heavy (non-hydrogen) atoms. The molecule has 0 aliphatic heterocycles. The lowest BCUT2D eigenvalue weighted by Crippen LogP contribution is -2.29. The van der Waals surface area contributed by atoms with Crippen LogP contribution in [0.15, 0.2) is 200 Å². The number of anilines is 5. The van der Waals surface area contributed by atoms with Gasteiger partial charge in [-0.15, -0.1) is 0 Å². The molecule has 2 heteroatoms. The topological polar surface area (TPSA) is 6.48 Å². The second kappa shape index (κ2) is 13.6. The molecular weight excluding hydrogens is 641 g/mol. The number of fused-ring (bicyclic) bond motifs is 3. The number of para-hydroxylation sites is 3. The van der Waals surface area contributed by atoms with Crippen molar-refractivity contribution in [1.29, 1.82) is 0 Å². The van der Waals surface area contributed by atoms with E-state index in [0.29, 0.717) is 0 Å². The Morgan fingerprint density at radius 1 is 0.434 bits per heavy atom. The van der Waals surface area contributed by atoms with Gasteiger partial charge in [-0.25, -0.2) is 0 Å². The van der Waals surface area contributed by atoms with Crippen LogP contribution in [0.5, 0.6) is 0 Å². The number of aryl methyl sites for hydroxylation is 2. The van der Waals surface area contributed by atoms with E-state index in [1.165, 1.54) is 61.6 Å². The Morgan fingerprint density at radius 3 is 1.28 bits per heavy atom. The Kier molecular flexibility index (Phi) is 8.37. The Morgan fingerprint density at radius 2 is 0.849 bits per heavy atom. The van der Waals surface area contributed by atoms with Crippen molar-refractivity contribution in [1.82, 2.24) is 0 Å². The third kappa shape index (κ3) is 5.68. The lowest BCUT2D eigenvalue weighted by molar-refractivity contribution is 0.766. The minimum atomic E-state index is -0.505. The molecule has 0 heterocycles. The van der Waals surface area contributed by atoms with Crippen molar-refractivity contribution in [2.75, 3.05) is 9.80 Å². The molecule has 9 rings (SSSR count). The molecule has 0 radical (unpaired) electrons. The zero-order chi connectivity index (χ0) is 35.8. The first-order valence-electron chi connectivity index (χ1n) is 18.7. The zero-order valence-electron chi connectivity index (χ0n) is 30.3. The number of nitrogens with zero attached hydrogens (tertiary/aromatic N) is 2. The Bertz CT molecular complexity index is 2350. The summed E-state index contributed by atoms with van der Waals surface area (Å²) in [5, 5.41) is 0. The van der Waals surface area contributed by atoms with Crippen molar-refractivity contribution in [3.05, 3.63) is 233 Å². The maximum Gasteiger partial charge on any atom is 0.0713 e. The molecule has 0 saturated heterocycles. The SMILES string of the molecule is Cc1ccc2c(c1)C(c1ccc(N(C3=CC=CCC3)c3ccccc3)cc1)(c1ccc(N(c3ccccc3)c3ccccc3)cc1)c1cc(C)ccc1-2. The molecule has 2 nitrogen and oxygen atoms in total. The van der Waals surface area contributed by atoms with Crippen LogP contribution in [0.2, 0.25) is 0 Å². The van der Waals surface area contributed by atoms with Crippen LogP contribution in [0.4, 0.5) is 28.4 Å². The summed E-state index contributed by atoms with van der Waals surface area (Å²) < 4.78 is 0. The van der Waals surface area contributed by atoms with E-state index in [9.17, 15) is 0 Å². The van der Waals surface area contributed by atoms with Gasteiger partial charge >= 0.3 is 0 Å². The number of hydrogen-bond acceptors (Lipinski definition) is 2. The molecule has 0 saturated carbocycles. The second-order valence-corrected chi connectivity index (χ2v) is 14.2. The smallest absolute Gasteiger partial charge is 0.0713 e. The molecule has 0 atom stereocenters. The van der Waals surface area contributed by atoms with Gasteiger partial charge in [-0.2, -0.15) is 0 Å². The van der Waals surface area contributed by atoms with Crippen LogP contribution in [0, 0.1) is 13.8 Å². The normalized spacial score (nSPS) is 13.9. The molecule has 0 fully saturated rings. The largest absolute Gasteiger partial charge is 0.314 e. The predicted molar refractivity (Wildman–Crippen MR) is 223 cm³/mol. The highest BCUT2D eigenvalue weighted by molar-refractivity contribution is 5.87. The fourth-order valence-corrected chi connectivity index (χ4v) is 8.50. The Hall–Kier alpha value is -6.38. The number of benzene rings is 7. The van der Waals surface area contributed by atoms with Gasteiger partial charge in [-0.1, -0.05) is 139 Å². The van der Waals surface area contributed by atoms with E-state index in [1.807, 2.05) is 0 Å². The first-order chi connectivity index (χ1) is 26.1. The van der Waals surface area contributed by atoms with Crippen LogP contribution in [-0.2, 0) is 5.41 Å². The van der Waals surface area contributed by atoms with E-state index in [2.05, 4.69) is 218 Å². The highest BCUT2D eigenvalue weighted by Crippen LogP contribution is 2.57. The average Bonchev–Trinajstić information content (AvgIpc) is 3.49. The second-order valence-electron chi connectivity index (χ2n) is 14.2. The maximum atomic E-state index is 2.42. The van der Waals surface area contributed by atoms with Crippen LogP contribution in [0.3, 0.4) is 0 Å². The summed E-state index contributed by atoms with van der Waals surface area (Å²) in [7, 11) is 0. The number of hydrogen-bond donors (Lipinski definition) is 0. The van der Waals surface area contributed by atoms with Gasteiger partial charge < -0.3 is 9.80 Å². The third-order valence-corrected chi connectivity index (χ3v) is 10.9. The standard InChI is InChI=1S/C51H42N2/c1-37-23-33-47-48-34-24-38(2)36-50(48)51(49(47)35-37,39-25-29-45(30-26-39)52(41-15-7-3-8-16-41)42-17-9-4-10-18-42)40-27-31-46(32-28-40)53(43-19-11-5-12-20-43)44-21-13-6-14-22-44/h3-13,15-21,23-36H,14,22H2,1-2H3. The predicted octanol–water partition coefficient (Wildman–Crippen LogP) is 13.5. The molecule has 0 N–H and O–H groups in total. The molecule has 7 aromatic rings. The summed E-state index contributed by atoms with van der Waals surface area (Å²) in [6, 6.07) is 64.8. The highest BCUT2D eigenvalue weighted by atomic mass is 15.2. The molecule has 0 unspecified atom stereocenters.